The second-order valence-electron chi connectivity index (χ2n) is 5.36. The number of para-hydroxylation sites is 1. The van der Waals surface area contributed by atoms with Crippen molar-refractivity contribution in [1.82, 2.24) is 14.8 Å². The Morgan fingerprint density at radius 1 is 0.875 bits per heavy atom. The molecule has 118 valence electrons. The number of hydrogen-bond donors (Lipinski definition) is 1. The van der Waals surface area contributed by atoms with Gasteiger partial charge in [-0.25, -0.2) is 0 Å². The van der Waals surface area contributed by atoms with Gasteiger partial charge in [0.15, 0.2) is 11.0 Å². The van der Waals surface area contributed by atoms with Crippen molar-refractivity contribution in [2.75, 3.05) is 6.26 Å². The van der Waals surface area contributed by atoms with E-state index in [1.807, 2.05) is 77.6 Å². The minimum atomic E-state index is 0.227. The van der Waals surface area contributed by atoms with Gasteiger partial charge in [-0.05, 0) is 29.8 Å². The molecule has 0 radical (unpaired) electrons. The maximum absolute atomic E-state index is 10.8. The first-order valence-electron chi connectivity index (χ1n) is 7.55. The summed E-state index contributed by atoms with van der Waals surface area (Å²) in [5, 5.41) is 22.0. The number of fused-ring (bicyclic) bond motifs is 1. The summed E-state index contributed by atoms with van der Waals surface area (Å²) in [4.78, 5) is 0. The molecule has 0 aliphatic rings. The van der Waals surface area contributed by atoms with Gasteiger partial charge in [0.25, 0.3) is 0 Å². The lowest BCUT2D eigenvalue weighted by Gasteiger charge is -2.11. The average Bonchev–Trinajstić information content (AvgIpc) is 3.07. The number of phenols is 1. The van der Waals surface area contributed by atoms with Gasteiger partial charge in [-0.2, -0.15) is 0 Å². The second-order valence-corrected chi connectivity index (χ2v) is 6.14. The highest BCUT2D eigenvalue weighted by Gasteiger charge is 2.18. The summed E-state index contributed by atoms with van der Waals surface area (Å²) in [5.74, 6) is 0.860. The molecule has 1 aromatic heterocycles. The Hall–Kier alpha value is -2.79. The van der Waals surface area contributed by atoms with Crippen LogP contribution in [-0.4, -0.2) is 26.1 Å². The molecule has 0 amide bonds. The molecule has 5 heteroatoms. The topological polar surface area (TPSA) is 50.9 Å². The summed E-state index contributed by atoms with van der Waals surface area (Å²) in [6.45, 7) is 0. The molecule has 4 rings (SSSR count). The molecule has 3 aromatic carbocycles. The van der Waals surface area contributed by atoms with Crippen LogP contribution in [0.3, 0.4) is 0 Å². The van der Waals surface area contributed by atoms with E-state index in [1.165, 1.54) is 11.8 Å². The third kappa shape index (κ3) is 2.34. The van der Waals surface area contributed by atoms with E-state index in [9.17, 15) is 5.11 Å². The maximum atomic E-state index is 10.8. The van der Waals surface area contributed by atoms with E-state index in [1.54, 1.807) is 0 Å². The van der Waals surface area contributed by atoms with Gasteiger partial charge in [0.05, 0.1) is 5.56 Å². The van der Waals surface area contributed by atoms with Crippen LogP contribution < -0.4 is 0 Å². The van der Waals surface area contributed by atoms with Gasteiger partial charge in [0.2, 0.25) is 0 Å². The van der Waals surface area contributed by atoms with E-state index in [4.69, 9.17) is 0 Å². The average molecular weight is 333 g/mol. The molecule has 24 heavy (non-hydrogen) atoms. The Morgan fingerprint density at radius 2 is 1.62 bits per heavy atom. The molecule has 0 unspecified atom stereocenters. The zero-order valence-corrected chi connectivity index (χ0v) is 13.9. The summed E-state index contributed by atoms with van der Waals surface area (Å²) in [5.41, 5.74) is 1.64. The SMILES string of the molecule is CSc1nnc(-c2ccc3ccccc3c2O)n1-c1ccccc1. The lowest BCUT2D eigenvalue weighted by molar-refractivity contribution is 0.483. The van der Waals surface area contributed by atoms with Crippen LogP contribution in [0, 0.1) is 0 Å². The van der Waals surface area contributed by atoms with Crippen molar-refractivity contribution in [2.24, 2.45) is 0 Å². The number of phenolic OH excluding ortho intramolecular Hbond substituents is 1. The molecule has 0 saturated heterocycles. The molecule has 0 saturated carbocycles. The van der Waals surface area contributed by atoms with Crippen molar-refractivity contribution in [3.8, 4) is 22.8 Å². The van der Waals surface area contributed by atoms with Gasteiger partial charge >= 0.3 is 0 Å². The first kappa shape index (κ1) is 14.8. The fourth-order valence-corrected chi connectivity index (χ4v) is 3.32. The molecular weight excluding hydrogens is 318 g/mol. The summed E-state index contributed by atoms with van der Waals surface area (Å²) < 4.78 is 1.97. The molecule has 4 nitrogen and oxygen atoms in total. The van der Waals surface area contributed by atoms with Crippen LogP contribution in [0.5, 0.6) is 5.75 Å². The number of benzene rings is 3. The van der Waals surface area contributed by atoms with Crippen LogP contribution in [0.2, 0.25) is 0 Å². The molecule has 0 aliphatic carbocycles. The zero-order chi connectivity index (χ0) is 16.5. The molecule has 1 N–H and O–H groups in total. The van der Waals surface area contributed by atoms with Crippen LogP contribution in [0.1, 0.15) is 0 Å². The van der Waals surface area contributed by atoms with Gasteiger partial charge in [-0.1, -0.05) is 60.3 Å². The van der Waals surface area contributed by atoms with E-state index in [2.05, 4.69) is 10.2 Å². The fourth-order valence-electron chi connectivity index (χ4n) is 2.82. The van der Waals surface area contributed by atoms with Crippen LogP contribution in [0.4, 0.5) is 0 Å². The Bertz CT molecular complexity index is 1010. The molecular formula is C19H15N3OS. The number of aromatic hydroxyl groups is 1. The van der Waals surface area contributed by atoms with Crippen LogP contribution in [0.25, 0.3) is 27.8 Å². The van der Waals surface area contributed by atoms with E-state index in [0.29, 0.717) is 11.4 Å². The molecule has 0 fully saturated rings. The fraction of sp³-hybridized carbons (Fsp3) is 0.0526. The minimum Gasteiger partial charge on any atom is -0.507 e. The summed E-state index contributed by atoms with van der Waals surface area (Å²) >= 11 is 1.52. The van der Waals surface area contributed by atoms with Crippen LogP contribution in [0.15, 0.2) is 71.9 Å². The Kier molecular flexibility index (Phi) is 3.70. The lowest BCUT2D eigenvalue weighted by atomic mass is 10.0. The van der Waals surface area contributed by atoms with E-state index in [-0.39, 0.29) is 5.75 Å². The molecule has 0 aliphatic heterocycles. The van der Waals surface area contributed by atoms with Crippen molar-refractivity contribution < 1.29 is 5.11 Å². The zero-order valence-electron chi connectivity index (χ0n) is 13.0. The van der Waals surface area contributed by atoms with Crippen molar-refractivity contribution >= 4 is 22.5 Å². The number of nitrogens with zero attached hydrogens (tertiary/aromatic N) is 3. The monoisotopic (exact) mass is 333 g/mol. The van der Waals surface area contributed by atoms with Gasteiger partial charge in [-0.15, -0.1) is 10.2 Å². The summed E-state index contributed by atoms with van der Waals surface area (Å²) in [6.07, 6.45) is 1.97. The second kappa shape index (κ2) is 6.02. The number of rotatable bonds is 3. The highest BCUT2D eigenvalue weighted by Crippen LogP contribution is 2.37. The van der Waals surface area contributed by atoms with Crippen molar-refractivity contribution in [3.63, 3.8) is 0 Å². The third-order valence-electron chi connectivity index (χ3n) is 3.97. The van der Waals surface area contributed by atoms with E-state index < -0.39 is 0 Å². The molecule has 0 bridgehead atoms. The Balaban J connectivity index is 1.98. The predicted octanol–water partition coefficient (Wildman–Crippen LogP) is 4.52. The first-order valence-corrected chi connectivity index (χ1v) is 8.78. The van der Waals surface area contributed by atoms with Gasteiger partial charge in [-0.3, -0.25) is 4.57 Å². The molecule has 0 spiro atoms. The Labute approximate surface area is 143 Å². The quantitative estimate of drug-likeness (QED) is 0.560. The van der Waals surface area contributed by atoms with Gasteiger partial charge < -0.3 is 5.11 Å². The van der Waals surface area contributed by atoms with Crippen LogP contribution in [-0.2, 0) is 0 Å². The lowest BCUT2D eigenvalue weighted by Crippen LogP contribution is -1.99. The van der Waals surface area contributed by atoms with E-state index in [0.717, 1.165) is 21.6 Å². The summed E-state index contributed by atoms with van der Waals surface area (Å²) in [7, 11) is 0. The minimum absolute atomic E-state index is 0.227. The number of aromatic nitrogens is 3. The molecule has 0 atom stereocenters. The van der Waals surface area contributed by atoms with Crippen molar-refractivity contribution in [1.29, 1.82) is 0 Å². The number of hydrogen-bond acceptors (Lipinski definition) is 4. The standard InChI is InChI=1S/C19H15N3OS/c1-24-19-21-20-18(22(19)14-8-3-2-4-9-14)16-12-11-13-7-5-6-10-15(13)17(16)23/h2-12,23H,1H3. The van der Waals surface area contributed by atoms with Gasteiger partial charge in [0, 0.05) is 11.1 Å². The molecule has 4 aromatic rings. The highest BCUT2D eigenvalue weighted by atomic mass is 32.2. The number of thioether (sulfide) groups is 1. The smallest absolute Gasteiger partial charge is 0.195 e. The van der Waals surface area contributed by atoms with Crippen molar-refractivity contribution in [2.45, 2.75) is 5.16 Å². The normalized spacial score (nSPS) is 11.0. The van der Waals surface area contributed by atoms with Gasteiger partial charge in [0.1, 0.15) is 5.75 Å². The predicted molar refractivity (Wildman–Crippen MR) is 97.7 cm³/mol. The Morgan fingerprint density at radius 3 is 2.42 bits per heavy atom. The van der Waals surface area contributed by atoms with Crippen LogP contribution >= 0.6 is 11.8 Å². The highest BCUT2D eigenvalue weighted by molar-refractivity contribution is 7.98. The third-order valence-corrected chi connectivity index (χ3v) is 4.60. The largest absolute Gasteiger partial charge is 0.507 e. The van der Waals surface area contributed by atoms with Crippen molar-refractivity contribution in [3.05, 3.63) is 66.7 Å². The maximum Gasteiger partial charge on any atom is 0.195 e. The summed E-state index contributed by atoms with van der Waals surface area (Å²) in [6, 6.07) is 21.6. The van der Waals surface area contributed by atoms with E-state index >= 15 is 0 Å². The first-order chi connectivity index (χ1) is 11.8. The molecule has 1 heterocycles.